The molecule has 1 saturated heterocycles. The van der Waals surface area contributed by atoms with Crippen molar-refractivity contribution in [3.05, 3.63) is 29.8 Å². The van der Waals surface area contributed by atoms with Gasteiger partial charge in [-0.1, -0.05) is 12.1 Å². The van der Waals surface area contributed by atoms with Gasteiger partial charge in [0.15, 0.2) is 0 Å². The van der Waals surface area contributed by atoms with Crippen LogP contribution in [0.4, 0.5) is 0 Å². The van der Waals surface area contributed by atoms with Crippen molar-refractivity contribution in [3.63, 3.8) is 0 Å². The number of nitrogens with zero attached hydrogens (tertiary/aromatic N) is 1. The zero-order valence-corrected chi connectivity index (χ0v) is 10.5. The Morgan fingerprint density at radius 1 is 1.28 bits per heavy atom. The Labute approximate surface area is 106 Å². The maximum absolute atomic E-state index is 12.3. The van der Waals surface area contributed by atoms with Gasteiger partial charge < -0.3 is 15.9 Å². The molecular weight excluding hydrogens is 256 g/mol. The summed E-state index contributed by atoms with van der Waals surface area (Å²) in [6, 6.07) is 6.35. The van der Waals surface area contributed by atoms with E-state index in [1.165, 1.54) is 12.1 Å². The van der Waals surface area contributed by atoms with Crippen LogP contribution in [0.15, 0.2) is 29.2 Å². The Bertz CT molecular complexity index is 522. The van der Waals surface area contributed by atoms with Crippen molar-refractivity contribution in [2.45, 2.75) is 23.6 Å². The highest BCUT2D eigenvalue weighted by atomic mass is 32.2. The van der Waals surface area contributed by atoms with Gasteiger partial charge in [-0.3, -0.25) is 0 Å². The smallest absolute Gasteiger partial charge is 0.243 e. The lowest BCUT2D eigenvalue weighted by Gasteiger charge is -2.16. The number of rotatable bonds is 3. The molecule has 0 spiro atoms. The molecule has 7 heteroatoms. The summed E-state index contributed by atoms with van der Waals surface area (Å²) in [7, 11) is -3.68. The Morgan fingerprint density at radius 2 is 1.89 bits per heavy atom. The van der Waals surface area contributed by atoms with Crippen LogP contribution in [0.5, 0.6) is 0 Å². The fraction of sp³-hybridized carbons (Fsp3) is 0.455. The minimum atomic E-state index is -3.68. The van der Waals surface area contributed by atoms with Gasteiger partial charge in [0.1, 0.15) is 0 Å². The van der Waals surface area contributed by atoms with E-state index in [9.17, 15) is 18.6 Å². The number of hydrogen-bond donors (Lipinski definition) is 3. The first-order chi connectivity index (χ1) is 8.45. The van der Waals surface area contributed by atoms with Gasteiger partial charge in [-0.15, -0.1) is 0 Å². The van der Waals surface area contributed by atoms with Crippen LogP contribution < -0.4 is 5.73 Å². The lowest BCUT2D eigenvalue weighted by molar-refractivity contribution is 0.0572. The van der Waals surface area contributed by atoms with Gasteiger partial charge in [0.25, 0.3) is 0 Å². The Morgan fingerprint density at radius 3 is 2.44 bits per heavy atom. The topological polar surface area (TPSA) is 104 Å². The maximum atomic E-state index is 12.3. The van der Waals surface area contributed by atoms with Gasteiger partial charge in [0.05, 0.1) is 17.1 Å². The van der Waals surface area contributed by atoms with Gasteiger partial charge in [-0.2, -0.15) is 4.31 Å². The summed E-state index contributed by atoms with van der Waals surface area (Å²) >= 11 is 0. The molecule has 1 fully saturated rings. The zero-order chi connectivity index (χ0) is 13.3. The maximum Gasteiger partial charge on any atom is 0.243 e. The number of hydrogen-bond acceptors (Lipinski definition) is 5. The van der Waals surface area contributed by atoms with Gasteiger partial charge >= 0.3 is 0 Å². The number of aliphatic hydroxyl groups excluding tert-OH is 2. The summed E-state index contributed by atoms with van der Waals surface area (Å²) in [5.74, 6) is 0. The van der Waals surface area contributed by atoms with Crippen LogP contribution in [0.25, 0.3) is 0 Å². The van der Waals surface area contributed by atoms with E-state index in [0.717, 1.165) is 9.87 Å². The molecule has 1 aliphatic rings. The van der Waals surface area contributed by atoms with E-state index in [4.69, 9.17) is 5.73 Å². The molecule has 6 nitrogen and oxygen atoms in total. The number of β-amino-alcohol motifs (C(OH)–C–C–N with tert-alkyl or cyclic N) is 2. The molecule has 1 heterocycles. The van der Waals surface area contributed by atoms with Crippen LogP contribution >= 0.6 is 0 Å². The van der Waals surface area contributed by atoms with Crippen LogP contribution in [0.3, 0.4) is 0 Å². The average Bonchev–Trinajstić information content (AvgIpc) is 2.70. The van der Waals surface area contributed by atoms with E-state index < -0.39 is 22.2 Å². The van der Waals surface area contributed by atoms with E-state index in [1.807, 2.05) is 0 Å². The summed E-state index contributed by atoms with van der Waals surface area (Å²) in [5, 5.41) is 18.8. The minimum Gasteiger partial charge on any atom is -0.389 e. The van der Waals surface area contributed by atoms with Crippen LogP contribution in [0.2, 0.25) is 0 Å². The van der Waals surface area contributed by atoms with E-state index in [-0.39, 0.29) is 24.5 Å². The van der Waals surface area contributed by atoms with Crippen molar-refractivity contribution < 1.29 is 18.6 Å². The molecule has 100 valence electrons. The molecular formula is C11H16N2O4S. The molecule has 1 aromatic carbocycles. The third kappa shape index (κ3) is 2.40. The number of nitrogens with two attached hydrogens (primary N) is 1. The predicted molar refractivity (Wildman–Crippen MR) is 65.1 cm³/mol. The van der Waals surface area contributed by atoms with Crippen molar-refractivity contribution in [1.82, 2.24) is 4.31 Å². The molecule has 0 aliphatic carbocycles. The largest absolute Gasteiger partial charge is 0.389 e. The van der Waals surface area contributed by atoms with Crippen molar-refractivity contribution in [1.29, 1.82) is 0 Å². The van der Waals surface area contributed by atoms with Crippen molar-refractivity contribution >= 4 is 10.0 Å². The Balaban J connectivity index is 2.31. The second kappa shape index (κ2) is 4.94. The SMILES string of the molecule is NCc1cccc(S(=O)(=O)N2CC(O)C(O)C2)c1. The van der Waals surface area contributed by atoms with E-state index in [0.29, 0.717) is 0 Å². The van der Waals surface area contributed by atoms with Gasteiger partial charge in [0.2, 0.25) is 10.0 Å². The van der Waals surface area contributed by atoms with Crippen molar-refractivity contribution in [3.8, 4) is 0 Å². The zero-order valence-electron chi connectivity index (χ0n) is 9.73. The van der Waals surface area contributed by atoms with E-state index in [2.05, 4.69) is 0 Å². The third-order valence-corrected chi connectivity index (χ3v) is 4.83. The molecule has 2 unspecified atom stereocenters. The first-order valence-corrected chi connectivity index (χ1v) is 7.04. The summed E-state index contributed by atoms with van der Waals surface area (Å²) in [6.45, 7) is 0.0846. The summed E-state index contributed by atoms with van der Waals surface area (Å²) < 4.78 is 25.6. The van der Waals surface area contributed by atoms with Crippen molar-refractivity contribution in [2.24, 2.45) is 5.73 Å². The van der Waals surface area contributed by atoms with Gasteiger partial charge in [-0.25, -0.2) is 8.42 Å². The normalized spacial score (nSPS) is 25.5. The highest BCUT2D eigenvalue weighted by Crippen LogP contribution is 2.22. The minimum absolute atomic E-state index is 0.0870. The lowest BCUT2D eigenvalue weighted by atomic mass is 10.2. The summed E-state index contributed by atoms with van der Waals surface area (Å²) in [4.78, 5) is 0.131. The highest BCUT2D eigenvalue weighted by molar-refractivity contribution is 7.89. The van der Waals surface area contributed by atoms with E-state index in [1.54, 1.807) is 12.1 Å². The molecule has 1 aromatic rings. The van der Waals surface area contributed by atoms with Crippen LogP contribution in [-0.2, 0) is 16.6 Å². The Hall–Kier alpha value is -0.990. The van der Waals surface area contributed by atoms with Gasteiger partial charge in [0, 0.05) is 19.6 Å². The molecule has 18 heavy (non-hydrogen) atoms. The standard InChI is InChI=1S/C11H16N2O4S/c12-5-8-2-1-3-9(4-8)18(16,17)13-6-10(14)11(15)7-13/h1-4,10-11,14-15H,5-7,12H2. The van der Waals surface area contributed by atoms with Crippen molar-refractivity contribution in [2.75, 3.05) is 13.1 Å². The molecule has 2 rings (SSSR count). The van der Waals surface area contributed by atoms with Crippen LogP contribution in [0, 0.1) is 0 Å². The predicted octanol–water partition coefficient (Wildman–Crippen LogP) is -1.13. The van der Waals surface area contributed by atoms with Crippen LogP contribution in [-0.4, -0.2) is 48.2 Å². The summed E-state index contributed by atoms with van der Waals surface area (Å²) in [5.41, 5.74) is 6.19. The first kappa shape index (κ1) is 13.4. The third-order valence-electron chi connectivity index (χ3n) is 3.00. The molecule has 0 bridgehead atoms. The quantitative estimate of drug-likeness (QED) is 0.646. The molecule has 0 saturated carbocycles. The highest BCUT2D eigenvalue weighted by Gasteiger charge is 2.37. The number of sulfonamides is 1. The van der Waals surface area contributed by atoms with Crippen LogP contribution in [0.1, 0.15) is 5.56 Å². The fourth-order valence-corrected chi connectivity index (χ4v) is 3.46. The second-order valence-electron chi connectivity index (χ2n) is 4.31. The average molecular weight is 272 g/mol. The van der Waals surface area contributed by atoms with E-state index >= 15 is 0 Å². The Kier molecular flexibility index (Phi) is 3.69. The molecule has 2 atom stereocenters. The molecule has 4 N–H and O–H groups in total. The molecule has 1 aliphatic heterocycles. The molecule has 0 aromatic heterocycles. The lowest BCUT2D eigenvalue weighted by Crippen LogP contribution is -2.30. The monoisotopic (exact) mass is 272 g/mol. The van der Waals surface area contributed by atoms with Gasteiger partial charge in [-0.05, 0) is 17.7 Å². The number of aliphatic hydroxyl groups is 2. The molecule has 0 radical (unpaired) electrons. The number of benzene rings is 1. The summed E-state index contributed by atoms with van der Waals surface area (Å²) in [6.07, 6.45) is -2.06. The fourth-order valence-electron chi connectivity index (χ4n) is 1.91. The first-order valence-electron chi connectivity index (χ1n) is 5.60. The molecule has 0 amide bonds. The second-order valence-corrected chi connectivity index (χ2v) is 6.25.